The number of hydrogen-bond acceptors (Lipinski definition) is 4. The van der Waals surface area contributed by atoms with Gasteiger partial charge in [0.1, 0.15) is 0 Å². The Morgan fingerprint density at radius 3 is 2.78 bits per heavy atom. The van der Waals surface area contributed by atoms with Crippen molar-refractivity contribution in [3.05, 3.63) is 23.8 Å². The lowest BCUT2D eigenvalue weighted by Crippen LogP contribution is -2.36. The Morgan fingerprint density at radius 1 is 1.39 bits per heavy atom. The first-order valence-electron chi connectivity index (χ1n) is 6.09. The molecule has 1 aliphatic rings. The summed E-state index contributed by atoms with van der Waals surface area (Å²) in [7, 11) is -3.60. The second-order valence-corrected chi connectivity index (χ2v) is 6.09. The highest BCUT2D eigenvalue weighted by Gasteiger charge is 2.29. The van der Waals surface area contributed by atoms with Crippen LogP contribution < -0.4 is 5.73 Å². The number of benzene rings is 1. The first-order chi connectivity index (χ1) is 8.55. The van der Waals surface area contributed by atoms with Gasteiger partial charge in [0.2, 0.25) is 0 Å². The molecule has 0 aromatic heterocycles. The average molecular weight is 270 g/mol. The van der Waals surface area contributed by atoms with Crippen molar-refractivity contribution in [2.24, 2.45) is 0 Å². The Hall–Kier alpha value is -1.11. The van der Waals surface area contributed by atoms with Crippen LogP contribution in [-0.4, -0.2) is 26.0 Å². The summed E-state index contributed by atoms with van der Waals surface area (Å²) >= 11 is 0. The van der Waals surface area contributed by atoms with E-state index in [1.165, 1.54) is 6.07 Å². The topological polar surface area (TPSA) is 72.6 Å². The van der Waals surface area contributed by atoms with E-state index < -0.39 is 10.0 Å². The molecule has 1 aromatic carbocycles. The molecule has 0 amide bonds. The minimum absolute atomic E-state index is 0.256. The number of nitrogen functional groups attached to an aromatic ring is 1. The number of anilines is 1. The molecule has 0 saturated carbocycles. The van der Waals surface area contributed by atoms with Crippen LogP contribution in [0, 0.1) is 0 Å². The lowest BCUT2D eigenvalue weighted by atomic mass is 10.1. The second kappa shape index (κ2) is 5.26. The average Bonchev–Trinajstić information content (AvgIpc) is 2.39. The summed E-state index contributed by atoms with van der Waals surface area (Å²) in [4.78, 5) is 5.50. The van der Waals surface area contributed by atoms with Crippen molar-refractivity contribution in [2.45, 2.75) is 31.1 Å². The molecule has 2 rings (SSSR count). The fourth-order valence-electron chi connectivity index (χ4n) is 1.98. The third kappa shape index (κ3) is 2.50. The van der Waals surface area contributed by atoms with Gasteiger partial charge in [-0.2, -0.15) is 0 Å². The maximum atomic E-state index is 12.5. The van der Waals surface area contributed by atoms with Crippen molar-refractivity contribution in [1.29, 1.82) is 0 Å². The number of nitrogens with two attached hydrogens (primary N) is 1. The second-order valence-electron chi connectivity index (χ2n) is 4.29. The monoisotopic (exact) mass is 270 g/mol. The zero-order valence-corrected chi connectivity index (χ0v) is 11.2. The molecule has 0 spiro atoms. The number of rotatable bonds is 3. The van der Waals surface area contributed by atoms with E-state index in [2.05, 4.69) is 0 Å². The summed E-state index contributed by atoms with van der Waals surface area (Å²) < 4.78 is 26.0. The predicted octanol–water partition coefficient (Wildman–Crippen LogP) is 1.55. The van der Waals surface area contributed by atoms with Crippen LogP contribution in [0.1, 0.15) is 25.3 Å². The zero-order chi connectivity index (χ0) is 13.2. The third-order valence-electron chi connectivity index (χ3n) is 2.99. The SMILES string of the molecule is CCc1ccc(N)cc1S(=O)(=O)N1CCCCO1. The molecule has 0 unspecified atom stereocenters. The van der Waals surface area contributed by atoms with Gasteiger partial charge in [-0.25, -0.2) is 8.42 Å². The number of nitrogens with zero attached hydrogens (tertiary/aromatic N) is 1. The molecule has 2 N–H and O–H groups in total. The molecule has 100 valence electrons. The van der Waals surface area contributed by atoms with E-state index >= 15 is 0 Å². The summed E-state index contributed by atoms with van der Waals surface area (Å²) in [6.07, 6.45) is 2.36. The van der Waals surface area contributed by atoms with Gasteiger partial charge in [-0.3, -0.25) is 4.84 Å². The van der Waals surface area contributed by atoms with E-state index in [1.807, 2.05) is 6.92 Å². The van der Waals surface area contributed by atoms with Crippen LogP contribution in [0.2, 0.25) is 0 Å². The van der Waals surface area contributed by atoms with Gasteiger partial charge in [0.15, 0.2) is 0 Å². The van der Waals surface area contributed by atoms with E-state index in [1.54, 1.807) is 12.1 Å². The molecule has 0 radical (unpaired) electrons. The Bertz CT molecular complexity index is 522. The normalized spacial score (nSPS) is 17.8. The lowest BCUT2D eigenvalue weighted by molar-refractivity contribution is -0.108. The molecule has 1 aliphatic heterocycles. The van der Waals surface area contributed by atoms with Gasteiger partial charge >= 0.3 is 0 Å². The fraction of sp³-hybridized carbons (Fsp3) is 0.500. The van der Waals surface area contributed by atoms with Crippen LogP contribution in [0.25, 0.3) is 0 Å². The van der Waals surface area contributed by atoms with Gasteiger partial charge in [-0.05, 0) is 37.0 Å². The number of sulfonamides is 1. The van der Waals surface area contributed by atoms with Crippen LogP contribution in [-0.2, 0) is 21.3 Å². The summed E-state index contributed by atoms with van der Waals surface area (Å²) in [5.41, 5.74) is 6.89. The highest BCUT2D eigenvalue weighted by atomic mass is 32.2. The molecular weight excluding hydrogens is 252 g/mol. The van der Waals surface area contributed by atoms with Crippen molar-refractivity contribution >= 4 is 15.7 Å². The molecule has 6 heteroatoms. The minimum Gasteiger partial charge on any atom is -0.399 e. The number of hydroxylamine groups is 1. The Balaban J connectivity index is 2.42. The van der Waals surface area contributed by atoms with Crippen LogP contribution in [0.5, 0.6) is 0 Å². The molecule has 0 aliphatic carbocycles. The van der Waals surface area contributed by atoms with Gasteiger partial charge in [-0.15, -0.1) is 0 Å². The van der Waals surface area contributed by atoms with E-state index in [-0.39, 0.29) is 4.90 Å². The van der Waals surface area contributed by atoms with Crippen LogP contribution in [0.3, 0.4) is 0 Å². The van der Waals surface area contributed by atoms with Gasteiger partial charge < -0.3 is 5.73 Å². The zero-order valence-electron chi connectivity index (χ0n) is 10.4. The van der Waals surface area contributed by atoms with Gasteiger partial charge in [0, 0.05) is 12.2 Å². The van der Waals surface area contributed by atoms with E-state index in [4.69, 9.17) is 10.6 Å². The minimum atomic E-state index is -3.60. The fourth-order valence-corrected chi connectivity index (χ4v) is 3.61. The lowest BCUT2D eigenvalue weighted by Gasteiger charge is -2.26. The molecular formula is C12H18N2O3S. The number of hydrogen-bond donors (Lipinski definition) is 1. The van der Waals surface area contributed by atoms with Gasteiger partial charge in [0.25, 0.3) is 10.0 Å². The maximum Gasteiger partial charge on any atom is 0.265 e. The first kappa shape index (κ1) is 13.3. The maximum absolute atomic E-state index is 12.5. The Morgan fingerprint density at radius 2 is 2.17 bits per heavy atom. The van der Waals surface area contributed by atoms with Crippen molar-refractivity contribution in [1.82, 2.24) is 4.47 Å². The van der Waals surface area contributed by atoms with Crippen LogP contribution >= 0.6 is 0 Å². The summed E-state index contributed by atoms with van der Waals surface area (Å²) in [6.45, 7) is 2.77. The van der Waals surface area contributed by atoms with Crippen molar-refractivity contribution in [2.75, 3.05) is 18.9 Å². The summed E-state index contributed by atoms with van der Waals surface area (Å²) in [5, 5.41) is 0. The Labute approximate surface area is 108 Å². The molecule has 1 aromatic rings. The highest BCUT2D eigenvalue weighted by molar-refractivity contribution is 7.89. The van der Waals surface area contributed by atoms with Gasteiger partial charge in [-0.1, -0.05) is 17.5 Å². The smallest absolute Gasteiger partial charge is 0.265 e. The predicted molar refractivity (Wildman–Crippen MR) is 69.3 cm³/mol. The van der Waals surface area contributed by atoms with Crippen molar-refractivity contribution < 1.29 is 13.3 Å². The van der Waals surface area contributed by atoms with Crippen LogP contribution in [0.15, 0.2) is 23.1 Å². The third-order valence-corrected chi connectivity index (χ3v) is 4.75. The van der Waals surface area contributed by atoms with E-state index in [0.717, 1.165) is 22.9 Å². The summed E-state index contributed by atoms with van der Waals surface area (Å²) in [6, 6.07) is 4.98. The molecule has 1 saturated heterocycles. The molecule has 5 nitrogen and oxygen atoms in total. The molecule has 1 heterocycles. The largest absolute Gasteiger partial charge is 0.399 e. The standard InChI is InChI=1S/C12H18N2O3S/c1-2-10-5-6-11(13)9-12(10)18(15,16)14-7-3-4-8-17-14/h5-6,9H,2-4,7-8,13H2,1H3. The molecule has 1 fully saturated rings. The summed E-state index contributed by atoms with van der Waals surface area (Å²) in [5.74, 6) is 0. The quantitative estimate of drug-likeness (QED) is 0.846. The molecule has 0 atom stereocenters. The van der Waals surface area contributed by atoms with Crippen molar-refractivity contribution in [3.63, 3.8) is 0 Å². The molecule has 18 heavy (non-hydrogen) atoms. The Kier molecular flexibility index (Phi) is 3.89. The van der Waals surface area contributed by atoms with Gasteiger partial charge in [0.05, 0.1) is 11.5 Å². The molecule has 0 bridgehead atoms. The van der Waals surface area contributed by atoms with E-state index in [0.29, 0.717) is 25.3 Å². The first-order valence-corrected chi connectivity index (χ1v) is 7.53. The van der Waals surface area contributed by atoms with Crippen LogP contribution in [0.4, 0.5) is 5.69 Å². The van der Waals surface area contributed by atoms with Crippen molar-refractivity contribution in [3.8, 4) is 0 Å². The highest BCUT2D eigenvalue weighted by Crippen LogP contribution is 2.25. The number of aryl methyl sites for hydroxylation is 1. The van der Waals surface area contributed by atoms with E-state index in [9.17, 15) is 8.42 Å².